The summed E-state index contributed by atoms with van der Waals surface area (Å²) in [5.41, 5.74) is 0. The van der Waals surface area contributed by atoms with Gasteiger partial charge in [0.15, 0.2) is 0 Å². The maximum absolute atomic E-state index is 13.0. The van der Waals surface area contributed by atoms with E-state index in [0.717, 1.165) is 4.90 Å². The lowest BCUT2D eigenvalue weighted by molar-refractivity contribution is -0.190. The molecule has 100 valence electrons. The average molecular weight is 257 g/mol. The topological polar surface area (TPSA) is 29.5 Å². The minimum Gasteiger partial charge on any atom is -0.375 e. The van der Waals surface area contributed by atoms with E-state index in [1.165, 1.54) is 0 Å². The zero-order chi connectivity index (χ0) is 13.2. The van der Waals surface area contributed by atoms with Crippen LogP contribution in [0.5, 0.6) is 0 Å². The van der Waals surface area contributed by atoms with Crippen LogP contribution < -0.4 is 0 Å². The number of nitrogens with zero attached hydrogens (tertiary/aromatic N) is 1. The van der Waals surface area contributed by atoms with Crippen LogP contribution in [0.3, 0.4) is 0 Å². The lowest BCUT2D eigenvalue weighted by Crippen LogP contribution is -2.57. The molecule has 2 unspecified atom stereocenters. The Balaban J connectivity index is 2.84. The molecular weight excluding hydrogens is 242 g/mol. The van der Waals surface area contributed by atoms with Crippen molar-refractivity contribution in [3.63, 3.8) is 0 Å². The third kappa shape index (κ3) is 2.88. The van der Waals surface area contributed by atoms with Gasteiger partial charge in [0.1, 0.15) is 0 Å². The van der Waals surface area contributed by atoms with Gasteiger partial charge in [-0.25, -0.2) is 8.78 Å². The van der Waals surface area contributed by atoms with E-state index in [2.05, 4.69) is 0 Å². The van der Waals surface area contributed by atoms with Crippen molar-refractivity contribution in [2.24, 2.45) is 0 Å². The molecule has 17 heavy (non-hydrogen) atoms. The highest BCUT2D eigenvalue weighted by atomic mass is 19.3. The van der Waals surface area contributed by atoms with Gasteiger partial charge in [0, 0.05) is 6.54 Å². The average Bonchev–Trinajstić information content (AvgIpc) is 2.27. The number of carbonyl (C=O) groups is 1. The van der Waals surface area contributed by atoms with Crippen molar-refractivity contribution in [1.82, 2.24) is 4.90 Å². The summed E-state index contributed by atoms with van der Waals surface area (Å²) in [5, 5.41) is 0. The molecule has 1 saturated heterocycles. The molecule has 0 saturated carbocycles. The zero-order valence-corrected chi connectivity index (χ0v) is 9.63. The van der Waals surface area contributed by atoms with Crippen LogP contribution in [0.1, 0.15) is 20.3 Å². The normalized spacial score (nSPS) is 26.4. The fraction of sp³-hybridized carbons (Fsp3) is 0.900. The molecular formula is C10H15F4NO2. The standard InChI is InChI=1S/C10H15F4NO2/c1-3-7-5-17-6(2)4-15(7)9(16)10(13,14)8(11)12/h6-8H,3-5H2,1-2H3. The van der Waals surface area contributed by atoms with Gasteiger partial charge in [-0.05, 0) is 13.3 Å². The number of amides is 1. The largest absolute Gasteiger partial charge is 0.383 e. The molecule has 2 atom stereocenters. The van der Waals surface area contributed by atoms with Crippen LogP contribution in [0.2, 0.25) is 0 Å². The van der Waals surface area contributed by atoms with Crippen molar-refractivity contribution in [2.45, 2.75) is 44.8 Å². The summed E-state index contributed by atoms with van der Waals surface area (Å²) in [6.07, 6.45) is -4.02. The number of rotatable bonds is 3. The summed E-state index contributed by atoms with van der Waals surface area (Å²) in [4.78, 5) is 12.2. The second-order valence-corrected chi connectivity index (χ2v) is 4.09. The smallest absolute Gasteiger partial charge is 0.375 e. The third-order valence-corrected chi connectivity index (χ3v) is 2.76. The molecule has 0 spiro atoms. The predicted octanol–water partition coefficient (Wildman–Crippen LogP) is 1.91. The quantitative estimate of drug-likeness (QED) is 0.723. The molecule has 0 radical (unpaired) electrons. The first kappa shape index (κ1) is 14.2. The first-order valence-corrected chi connectivity index (χ1v) is 5.39. The van der Waals surface area contributed by atoms with E-state index in [0.29, 0.717) is 6.42 Å². The van der Waals surface area contributed by atoms with Gasteiger partial charge in [0.05, 0.1) is 18.8 Å². The predicted molar refractivity (Wildman–Crippen MR) is 52.2 cm³/mol. The van der Waals surface area contributed by atoms with Gasteiger partial charge in [-0.15, -0.1) is 0 Å². The first-order chi connectivity index (χ1) is 7.80. The van der Waals surface area contributed by atoms with Crippen LogP contribution in [0, 0.1) is 0 Å². The van der Waals surface area contributed by atoms with Crippen molar-refractivity contribution >= 4 is 5.91 Å². The van der Waals surface area contributed by atoms with E-state index in [1.807, 2.05) is 0 Å². The Hall–Kier alpha value is -0.850. The maximum Gasteiger partial charge on any atom is 0.383 e. The molecule has 0 aromatic carbocycles. The Morgan fingerprint density at radius 1 is 1.53 bits per heavy atom. The summed E-state index contributed by atoms with van der Waals surface area (Å²) in [6.45, 7) is 3.31. The second kappa shape index (κ2) is 5.20. The minimum atomic E-state index is -4.62. The van der Waals surface area contributed by atoms with Crippen LogP contribution in [0.4, 0.5) is 17.6 Å². The van der Waals surface area contributed by atoms with E-state index in [9.17, 15) is 22.4 Å². The highest BCUT2D eigenvalue weighted by molar-refractivity contribution is 5.84. The number of alkyl halides is 4. The monoisotopic (exact) mass is 257 g/mol. The lowest BCUT2D eigenvalue weighted by Gasteiger charge is -2.39. The van der Waals surface area contributed by atoms with Crippen LogP contribution in [0.15, 0.2) is 0 Å². The molecule has 3 nitrogen and oxygen atoms in total. The van der Waals surface area contributed by atoms with Crippen molar-refractivity contribution in [3.05, 3.63) is 0 Å². The zero-order valence-electron chi connectivity index (χ0n) is 9.63. The highest BCUT2D eigenvalue weighted by Gasteiger charge is 2.52. The maximum atomic E-state index is 13.0. The van der Waals surface area contributed by atoms with E-state index in [1.54, 1.807) is 13.8 Å². The summed E-state index contributed by atoms with van der Waals surface area (Å²) in [6, 6.07) is -0.566. The number of ether oxygens (including phenoxy) is 1. The van der Waals surface area contributed by atoms with Crippen molar-refractivity contribution in [2.75, 3.05) is 13.2 Å². The number of halogens is 4. The van der Waals surface area contributed by atoms with Crippen molar-refractivity contribution in [1.29, 1.82) is 0 Å². The molecule has 1 aliphatic heterocycles. The number of hydrogen-bond acceptors (Lipinski definition) is 2. The SMILES string of the molecule is CCC1COC(C)CN1C(=O)C(F)(F)C(F)F. The summed E-state index contributed by atoms with van der Waals surface area (Å²) in [5.74, 6) is -6.43. The van der Waals surface area contributed by atoms with Gasteiger partial charge in [-0.1, -0.05) is 6.92 Å². The van der Waals surface area contributed by atoms with Gasteiger partial charge in [0.2, 0.25) is 0 Å². The lowest BCUT2D eigenvalue weighted by atomic mass is 10.1. The van der Waals surface area contributed by atoms with E-state index >= 15 is 0 Å². The molecule has 1 heterocycles. The molecule has 7 heteroatoms. The Kier molecular flexibility index (Phi) is 4.35. The van der Waals surface area contributed by atoms with Crippen LogP contribution in [-0.2, 0) is 9.53 Å². The summed E-state index contributed by atoms with van der Waals surface area (Å²) >= 11 is 0. The third-order valence-electron chi connectivity index (χ3n) is 2.76. The summed E-state index contributed by atoms with van der Waals surface area (Å²) in [7, 11) is 0. The van der Waals surface area contributed by atoms with Crippen molar-refractivity contribution in [3.8, 4) is 0 Å². The van der Waals surface area contributed by atoms with Gasteiger partial charge >= 0.3 is 12.3 Å². The Labute approximate surface area is 96.7 Å². The second-order valence-electron chi connectivity index (χ2n) is 4.09. The Bertz CT molecular complexity index is 285. The number of carbonyl (C=O) groups excluding carboxylic acids is 1. The molecule has 1 amide bonds. The van der Waals surface area contributed by atoms with Gasteiger partial charge in [-0.3, -0.25) is 4.79 Å². The van der Waals surface area contributed by atoms with Crippen LogP contribution >= 0.6 is 0 Å². The van der Waals surface area contributed by atoms with Gasteiger partial charge in [0.25, 0.3) is 5.91 Å². The molecule has 0 bridgehead atoms. The molecule has 0 aromatic heterocycles. The molecule has 0 N–H and O–H groups in total. The summed E-state index contributed by atoms with van der Waals surface area (Å²) < 4.78 is 55.4. The molecule has 1 aliphatic rings. The number of morpholine rings is 1. The minimum absolute atomic E-state index is 0.0837. The Morgan fingerprint density at radius 3 is 2.59 bits per heavy atom. The van der Waals surface area contributed by atoms with Gasteiger partial charge in [-0.2, -0.15) is 8.78 Å². The van der Waals surface area contributed by atoms with Crippen molar-refractivity contribution < 1.29 is 27.1 Å². The van der Waals surface area contributed by atoms with E-state index in [-0.39, 0.29) is 13.2 Å². The Morgan fingerprint density at radius 2 is 2.12 bits per heavy atom. The van der Waals surface area contributed by atoms with Gasteiger partial charge < -0.3 is 9.64 Å². The molecule has 0 aromatic rings. The fourth-order valence-electron chi connectivity index (χ4n) is 1.72. The first-order valence-electron chi connectivity index (χ1n) is 5.39. The van der Waals surface area contributed by atoms with E-state index in [4.69, 9.17) is 4.74 Å². The fourth-order valence-corrected chi connectivity index (χ4v) is 1.72. The number of hydrogen-bond donors (Lipinski definition) is 0. The highest BCUT2D eigenvalue weighted by Crippen LogP contribution is 2.28. The molecule has 1 fully saturated rings. The van der Waals surface area contributed by atoms with Crippen LogP contribution in [-0.4, -0.2) is 48.5 Å². The van der Waals surface area contributed by atoms with Crippen LogP contribution in [0.25, 0.3) is 0 Å². The molecule has 0 aliphatic carbocycles. The van der Waals surface area contributed by atoms with E-state index < -0.39 is 30.4 Å². The molecule has 1 rings (SSSR count).